The van der Waals surface area contributed by atoms with Crippen molar-refractivity contribution in [3.8, 4) is 0 Å². The molecule has 6 heteroatoms. The molecule has 3 aliphatic rings. The Morgan fingerprint density at radius 2 is 1.75 bits per heavy atom. The zero-order valence-electron chi connectivity index (χ0n) is 14.8. The number of carbonyl (C=O) groups excluding carboxylic acids is 3. The number of nitrogens with one attached hydrogen (secondary N) is 1. The smallest absolute Gasteiger partial charge is 0.325 e. The lowest BCUT2D eigenvalue weighted by molar-refractivity contribution is -0.135. The summed E-state index contributed by atoms with van der Waals surface area (Å²) in [5.74, 6) is 0.957. The van der Waals surface area contributed by atoms with Crippen molar-refractivity contribution in [2.45, 2.75) is 64.3 Å². The van der Waals surface area contributed by atoms with Gasteiger partial charge in [0.1, 0.15) is 5.54 Å². The average Bonchev–Trinajstić information content (AvgIpc) is 2.75. The maximum atomic E-state index is 12.7. The van der Waals surface area contributed by atoms with Crippen LogP contribution in [0.1, 0.15) is 58.8 Å². The highest BCUT2D eigenvalue weighted by atomic mass is 16.2. The van der Waals surface area contributed by atoms with E-state index in [9.17, 15) is 14.4 Å². The fraction of sp³-hybridized carbons (Fsp3) is 0.833. The van der Waals surface area contributed by atoms with Crippen molar-refractivity contribution >= 4 is 17.8 Å². The van der Waals surface area contributed by atoms with E-state index in [-0.39, 0.29) is 30.8 Å². The minimum Gasteiger partial charge on any atom is -0.342 e. The number of nitrogens with zero attached hydrogens (tertiary/aromatic N) is 2. The van der Waals surface area contributed by atoms with E-state index in [0.717, 1.165) is 51.6 Å². The molecule has 0 radical (unpaired) electrons. The molecule has 0 bridgehead atoms. The molecule has 1 spiro atoms. The summed E-state index contributed by atoms with van der Waals surface area (Å²) in [6.07, 6.45) is 5.90. The summed E-state index contributed by atoms with van der Waals surface area (Å²) in [4.78, 5) is 40.6. The molecular formula is C18H29N3O3. The molecule has 2 heterocycles. The van der Waals surface area contributed by atoms with Gasteiger partial charge in [0.05, 0.1) is 0 Å². The Balaban J connectivity index is 1.57. The summed E-state index contributed by atoms with van der Waals surface area (Å²) >= 11 is 0. The highest BCUT2D eigenvalue weighted by Crippen LogP contribution is 2.33. The zero-order valence-corrected chi connectivity index (χ0v) is 14.8. The van der Waals surface area contributed by atoms with Gasteiger partial charge in [0.2, 0.25) is 5.91 Å². The number of carbonyl (C=O) groups is 3. The third-order valence-electron chi connectivity index (χ3n) is 5.72. The molecule has 0 unspecified atom stereocenters. The largest absolute Gasteiger partial charge is 0.342 e. The van der Waals surface area contributed by atoms with Gasteiger partial charge in [0, 0.05) is 26.1 Å². The first kappa shape index (κ1) is 17.2. The summed E-state index contributed by atoms with van der Waals surface area (Å²) < 4.78 is 0. The van der Waals surface area contributed by atoms with E-state index in [1.807, 2.05) is 4.90 Å². The number of hydrogen-bond acceptors (Lipinski definition) is 3. The van der Waals surface area contributed by atoms with Crippen molar-refractivity contribution in [2.75, 3.05) is 19.6 Å². The first-order valence-corrected chi connectivity index (χ1v) is 9.33. The van der Waals surface area contributed by atoms with Crippen molar-refractivity contribution < 1.29 is 14.4 Å². The zero-order chi connectivity index (χ0) is 17.3. The third kappa shape index (κ3) is 3.28. The molecule has 24 heavy (non-hydrogen) atoms. The van der Waals surface area contributed by atoms with Crippen molar-refractivity contribution in [3.63, 3.8) is 0 Å². The van der Waals surface area contributed by atoms with Gasteiger partial charge in [-0.3, -0.25) is 14.5 Å². The van der Waals surface area contributed by atoms with Crippen LogP contribution >= 0.6 is 0 Å². The van der Waals surface area contributed by atoms with Crippen molar-refractivity contribution in [1.82, 2.24) is 15.1 Å². The van der Waals surface area contributed by atoms with E-state index >= 15 is 0 Å². The van der Waals surface area contributed by atoms with E-state index in [0.29, 0.717) is 11.8 Å². The topological polar surface area (TPSA) is 69.7 Å². The number of hydrogen-bond donors (Lipinski definition) is 1. The van der Waals surface area contributed by atoms with E-state index in [2.05, 4.69) is 19.2 Å². The highest BCUT2D eigenvalue weighted by molar-refractivity contribution is 6.07. The van der Waals surface area contributed by atoms with Crippen LogP contribution in [0.4, 0.5) is 4.79 Å². The van der Waals surface area contributed by atoms with Crippen LogP contribution in [0, 0.1) is 11.8 Å². The molecule has 2 saturated heterocycles. The predicted octanol–water partition coefficient (Wildman–Crippen LogP) is 2.14. The van der Waals surface area contributed by atoms with Crippen molar-refractivity contribution in [1.29, 1.82) is 0 Å². The molecule has 0 aromatic rings. The molecule has 1 N–H and O–H groups in total. The molecule has 1 aliphatic carbocycles. The number of urea groups is 1. The summed E-state index contributed by atoms with van der Waals surface area (Å²) in [7, 11) is 0. The van der Waals surface area contributed by atoms with E-state index < -0.39 is 5.54 Å². The van der Waals surface area contributed by atoms with Crippen LogP contribution < -0.4 is 5.32 Å². The van der Waals surface area contributed by atoms with Crippen LogP contribution in [0.25, 0.3) is 0 Å². The molecule has 1 saturated carbocycles. The van der Waals surface area contributed by atoms with Gasteiger partial charge < -0.3 is 10.2 Å². The van der Waals surface area contributed by atoms with Crippen LogP contribution in [0.15, 0.2) is 0 Å². The first-order valence-electron chi connectivity index (χ1n) is 9.33. The quantitative estimate of drug-likeness (QED) is 0.803. The summed E-state index contributed by atoms with van der Waals surface area (Å²) in [5.41, 5.74) is -0.688. The second-order valence-corrected chi connectivity index (χ2v) is 8.02. The van der Waals surface area contributed by atoms with Crippen LogP contribution in [0.3, 0.4) is 0 Å². The van der Waals surface area contributed by atoms with Gasteiger partial charge in [0.25, 0.3) is 5.91 Å². The monoisotopic (exact) mass is 335 g/mol. The number of imide groups is 1. The van der Waals surface area contributed by atoms with E-state index in [4.69, 9.17) is 0 Å². The van der Waals surface area contributed by atoms with Gasteiger partial charge in [-0.15, -0.1) is 0 Å². The van der Waals surface area contributed by atoms with Gasteiger partial charge in [0.15, 0.2) is 0 Å². The highest BCUT2D eigenvalue weighted by Gasteiger charge is 2.51. The Kier molecular flexibility index (Phi) is 4.83. The molecular weight excluding hydrogens is 306 g/mol. The Labute approximate surface area is 143 Å². The Morgan fingerprint density at radius 3 is 2.38 bits per heavy atom. The number of rotatable bonds is 3. The Morgan fingerprint density at radius 1 is 1.12 bits per heavy atom. The van der Waals surface area contributed by atoms with E-state index in [1.54, 1.807) is 0 Å². The lowest BCUT2D eigenvalue weighted by Gasteiger charge is -2.35. The normalized spacial score (nSPS) is 29.9. The fourth-order valence-corrected chi connectivity index (χ4v) is 4.61. The van der Waals surface area contributed by atoms with Gasteiger partial charge >= 0.3 is 6.03 Å². The molecule has 134 valence electrons. The minimum atomic E-state index is -0.688. The maximum absolute atomic E-state index is 12.7. The fourth-order valence-electron chi connectivity index (χ4n) is 4.61. The molecule has 6 nitrogen and oxygen atoms in total. The van der Waals surface area contributed by atoms with Gasteiger partial charge in [-0.05, 0) is 31.1 Å². The molecule has 0 aromatic carbocycles. The first-order chi connectivity index (χ1) is 11.4. The Bertz CT molecular complexity index is 518. The van der Waals surface area contributed by atoms with Crippen LogP contribution in [0.5, 0.6) is 0 Å². The number of piperidine rings is 1. The second-order valence-electron chi connectivity index (χ2n) is 8.02. The molecule has 2 atom stereocenters. The number of likely N-dealkylation sites (tertiary alicyclic amines) is 1. The van der Waals surface area contributed by atoms with Gasteiger partial charge in [-0.1, -0.05) is 33.1 Å². The Hall–Kier alpha value is -1.59. The molecule has 3 fully saturated rings. The van der Waals surface area contributed by atoms with Crippen LogP contribution in [-0.4, -0.2) is 52.8 Å². The van der Waals surface area contributed by atoms with Crippen molar-refractivity contribution in [3.05, 3.63) is 0 Å². The lowest BCUT2D eigenvalue weighted by atomic mass is 9.82. The number of amides is 4. The second kappa shape index (κ2) is 6.73. The predicted molar refractivity (Wildman–Crippen MR) is 90.2 cm³/mol. The summed E-state index contributed by atoms with van der Waals surface area (Å²) in [6, 6.07) is -0.324. The lowest BCUT2D eigenvalue weighted by Crippen LogP contribution is -2.48. The third-order valence-corrected chi connectivity index (χ3v) is 5.72. The van der Waals surface area contributed by atoms with Crippen LogP contribution in [0.2, 0.25) is 0 Å². The molecule has 3 rings (SSSR count). The SMILES string of the molecule is C[C@@H]1C[C@H](C)CN(C(=O)CCN2C(=O)NC3(CCCCC3)C2=O)C1. The molecule has 4 amide bonds. The van der Waals surface area contributed by atoms with Gasteiger partial charge in [-0.2, -0.15) is 0 Å². The molecule has 2 aliphatic heterocycles. The van der Waals surface area contributed by atoms with Crippen LogP contribution in [-0.2, 0) is 9.59 Å². The maximum Gasteiger partial charge on any atom is 0.325 e. The summed E-state index contributed by atoms with van der Waals surface area (Å²) in [5, 5.41) is 2.90. The van der Waals surface area contributed by atoms with E-state index in [1.165, 1.54) is 4.90 Å². The van der Waals surface area contributed by atoms with Crippen molar-refractivity contribution in [2.24, 2.45) is 11.8 Å². The average molecular weight is 335 g/mol. The minimum absolute atomic E-state index is 0.0543. The van der Waals surface area contributed by atoms with Gasteiger partial charge in [-0.25, -0.2) is 4.79 Å². The molecule has 0 aromatic heterocycles. The standard InChI is InChI=1S/C18H29N3O3/c1-13-10-14(2)12-20(11-13)15(22)6-9-21-16(23)18(19-17(21)24)7-4-3-5-8-18/h13-14H,3-12H2,1-2H3,(H,19,24)/t13-,14+. The summed E-state index contributed by atoms with van der Waals surface area (Å²) in [6.45, 7) is 6.10.